The molecular formula is C28H20B2F6O2. The van der Waals surface area contributed by atoms with Crippen LogP contribution in [0.25, 0.3) is 22.9 Å². The Morgan fingerprint density at radius 3 is 1.13 bits per heavy atom. The number of rotatable bonds is 6. The monoisotopic (exact) mass is 524 g/mol. The van der Waals surface area contributed by atoms with Crippen LogP contribution in [0.5, 0.6) is 0 Å². The minimum Gasteiger partial charge on any atom is -0.443 e. The Morgan fingerprint density at radius 1 is 0.553 bits per heavy atom. The van der Waals surface area contributed by atoms with Crippen molar-refractivity contribution in [2.45, 2.75) is 12.4 Å². The van der Waals surface area contributed by atoms with Gasteiger partial charge in [-0.05, 0) is 43.8 Å². The van der Waals surface area contributed by atoms with Crippen molar-refractivity contribution in [3.05, 3.63) is 108 Å². The molecule has 4 aromatic carbocycles. The highest BCUT2D eigenvalue weighted by atomic mass is 19.4. The van der Waals surface area contributed by atoms with Crippen molar-refractivity contribution in [3.8, 4) is 0 Å². The lowest BCUT2D eigenvalue weighted by atomic mass is 9.48. The topological polar surface area (TPSA) is 40.5 Å². The molecule has 0 atom stereocenters. The van der Waals surface area contributed by atoms with Gasteiger partial charge in [0.25, 0.3) is 0 Å². The molecule has 0 radical (unpaired) electrons. The lowest BCUT2D eigenvalue weighted by molar-refractivity contribution is -0.138. The van der Waals surface area contributed by atoms with Gasteiger partial charge in [0.15, 0.2) is 0 Å². The summed E-state index contributed by atoms with van der Waals surface area (Å²) in [5.41, 5.74) is 0.143. The molecule has 38 heavy (non-hydrogen) atoms. The van der Waals surface area contributed by atoms with Gasteiger partial charge in [0.2, 0.25) is 0 Å². The first-order valence-electron chi connectivity index (χ1n) is 11.4. The number of alkyl halides is 6. The van der Waals surface area contributed by atoms with Gasteiger partial charge in [-0.15, -0.1) is 0 Å². The molecule has 2 N–H and O–H groups in total. The third-order valence-corrected chi connectivity index (χ3v) is 6.44. The third-order valence-electron chi connectivity index (χ3n) is 6.44. The quantitative estimate of drug-likeness (QED) is 0.291. The van der Waals surface area contributed by atoms with Crippen LogP contribution < -0.4 is 21.9 Å². The average Bonchev–Trinajstić information content (AvgIpc) is 2.90. The summed E-state index contributed by atoms with van der Waals surface area (Å²) < 4.78 is 78.3. The summed E-state index contributed by atoms with van der Waals surface area (Å²) in [5, 5.41) is 23.6. The van der Waals surface area contributed by atoms with Crippen molar-refractivity contribution < 1.29 is 36.4 Å². The summed E-state index contributed by atoms with van der Waals surface area (Å²) in [6.45, 7) is 4.94. The van der Waals surface area contributed by atoms with Crippen LogP contribution >= 0.6 is 0 Å². The summed E-state index contributed by atoms with van der Waals surface area (Å²) in [4.78, 5) is 0. The summed E-state index contributed by atoms with van der Waals surface area (Å²) in [6.07, 6.45) is -6.19. The molecule has 4 aromatic rings. The molecule has 0 amide bonds. The van der Waals surface area contributed by atoms with E-state index >= 15 is 0 Å². The van der Waals surface area contributed by atoms with E-state index in [0.717, 1.165) is 24.3 Å². The van der Waals surface area contributed by atoms with Gasteiger partial charge in [0.1, 0.15) is 0 Å². The van der Waals surface area contributed by atoms with Crippen LogP contribution in [-0.4, -0.2) is 23.9 Å². The highest BCUT2D eigenvalue weighted by molar-refractivity contribution is 6.84. The van der Waals surface area contributed by atoms with E-state index in [1.165, 1.54) is 36.4 Å². The second-order valence-corrected chi connectivity index (χ2v) is 8.65. The zero-order valence-electron chi connectivity index (χ0n) is 19.8. The fourth-order valence-electron chi connectivity index (χ4n) is 4.60. The number of fused-ring (bicyclic) bond motifs is 1. The molecule has 0 saturated carbocycles. The molecule has 0 fully saturated rings. The van der Waals surface area contributed by atoms with Gasteiger partial charge in [0, 0.05) is 0 Å². The van der Waals surface area contributed by atoms with Crippen molar-refractivity contribution >= 4 is 58.6 Å². The second kappa shape index (κ2) is 10.2. The Balaban J connectivity index is 1.92. The van der Waals surface area contributed by atoms with E-state index in [9.17, 15) is 36.4 Å². The maximum atomic E-state index is 13.0. The zero-order chi connectivity index (χ0) is 27.8. The number of hydrogen-bond acceptors (Lipinski definition) is 2. The molecule has 4 rings (SSSR count). The number of benzene rings is 4. The predicted octanol–water partition coefficient (Wildman–Crippen LogP) is 4.36. The van der Waals surface area contributed by atoms with Crippen molar-refractivity contribution in [3.63, 3.8) is 0 Å². The fourth-order valence-corrected chi connectivity index (χ4v) is 4.60. The molecule has 0 aromatic heterocycles. The molecule has 0 heterocycles. The summed E-state index contributed by atoms with van der Waals surface area (Å²) in [6, 6.07) is 15.0. The van der Waals surface area contributed by atoms with Crippen molar-refractivity contribution in [1.82, 2.24) is 0 Å². The van der Waals surface area contributed by atoms with E-state index in [2.05, 4.69) is 13.2 Å². The van der Waals surface area contributed by atoms with E-state index in [1.807, 2.05) is 0 Å². The van der Waals surface area contributed by atoms with Crippen LogP contribution in [0, 0.1) is 0 Å². The fraction of sp³-hybridized carbons (Fsp3) is 0.0714. The van der Waals surface area contributed by atoms with Crippen LogP contribution in [0.15, 0.2) is 86.0 Å². The van der Waals surface area contributed by atoms with Crippen molar-refractivity contribution in [1.29, 1.82) is 0 Å². The molecule has 0 bridgehead atoms. The van der Waals surface area contributed by atoms with Crippen LogP contribution in [0.4, 0.5) is 26.3 Å². The van der Waals surface area contributed by atoms with Crippen LogP contribution in [0.3, 0.4) is 0 Å². The van der Waals surface area contributed by atoms with Gasteiger partial charge in [-0.1, -0.05) is 98.1 Å². The summed E-state index contributed by atoms with van der Waals surface area (Å²) in [7, 11) is 0. The van der Waals surface area contributed by atoms with Gasteiger partial charge in [-0.2, -0.15) is 26.3 Å². The molecule has 2 nitrogen and oxygen atoms in total. The minimum atomic E-state index is -4.53. The largest absolute Gasteiger partial charge is 0.443 e. The first-order chi connectivity index (χ1) is 17.9. The normalized spacial score (nSPS) is 11.9. The van der Waals surface area contributed by atoms with E-state index in [-0.39, 0.29) is 10.9 Å². The maximum absolute atomic E-state index is 13.0. The molecule has 0 unspecified atom stereocenters. The summed E-state index contributed by atoms with van der Waals surface area (Å²) >= 11 is 0. The lowest BCUT2D eigenvalue weighted by Gasteiger charge is -2.23. The predicted molar refractivity (Wildman–Crippen MR) is 141 cm³/mol. The Morgan fingerprint density at radius 2 is 0.868 bits per heavy atom. The number of halogens is 6. The molecule has 0 spiro atoms. The molecule has 192 valence electrons. The van der Waals surface area contributed by atoms with Gasteiger partial charge in [0.05, 0.1) is 11.1 Å². The molecule has 10 heteroatoms. The molecular weight excluding hydrogens is 504 g/mol. The number of hydrogen-bond donors (Lipinski definition) is 2. The Kier molecular flexibility index (Phi) is 7.32. The summed E-state index contributed by atoms with van der Waals surface area (Å²) in [5.74, 6) is 0. The highest BCUT2D eigenvalue weighted by Gasteiger charge is 2.34. The van der Waals surface area contributed by atoms with E-state index in [4.69, 9.17) is 0 Å². The Hall–Kier alpha value is -3.75. The minimum absolute atomic E-state index is 0.206. The van der Waals surface area contributed by atoms with Crippen molar-refractivity contribution in [2.75, 3.05) is 0 Å². The molecule has 0 saturated heterocycles. The van der Waals surface area contributed by atoms with Crippen molar-refractivity contribution in [2.24, 2.45) is 0 Å². The van der Waals surface area contributed by atoms with Gasteiger partial charge in [-0.25, -0.2) is 0 Å². The Bertz CT molecular complexity index is 1380. The molecule has 0 aliphatic carbocycles. The van der Waals surface area contributed by atoms with Crippen LogP contribution in [0.1, 0.15) is 22.3 Å². The zero-order valence-corrected chi connectivity index (χ0v) is 19.8. The first kappa shape index (κ1) is 27.3. The third kappa shape index (κ3) is 5.01. The van der Waals surface area contributed by atoms with Gasteiger partial charge < -0.3 is 10.0 Å². The average molecular weight is 524 g/mol. The van der Waals surface area contributed by atoms with E-state index in [0.29, 0.717) is 32.8 Å². The highest BCUT2D eigenvalue weighted by Crippen LogP contribution is 2.29. The standard InChI is InChI=1S/C28H20B2F6O2/c1-3-21-22(4-2)26(30(38)20-15-11-18(12-16-20)28(34,35)36)24-8-6-5-7-23(24)25(21)29(37)19-13-9-17(10-14-19)27(31,32)33/h3-16,37-38H,1-2H2. The lowest BCUT2D eigenvalue weighted by Crippen LogP contribution is -2.49. The van der Waals surface area contributed by atoms with E-state index in [1.54, 1.807) is 24.3 Å². The molecule has 0 aliphatic heterocycles. The van der Waals surface area contributed by atoms with Gasteiger partial charge >= 0.3 is 26.2 Å². The van der Waals surface area contributed by atoms with Crippen LogP contribution in [0.2, 0.25) is 0 Å². The van der Waals surface area contributed by atoms with Crippen LogP contribution in [-0.2, 0) is 12.4 Å². The SMILES string of the molecule is C=Cc1c(C=C)c(B(O)c2ccc(C(F)(F)F)cc2)c2ccccc2c1B(O)c1ccc(C(F)(F)F)cc1. The van der Waals surface area contributed by atoms with E-state index < -0.39 is 37.3 Å². The first-order valence-corrected chi connectivity index (χ1v) is 11.4. The maximum Gasteiger partial charge on any atom is 0.416 e. The second-order valence-electron chi connectivity index (χ2n) is 8.65. The van der Waals surface area contributed by atoms with Gasteiger partial charge in [-0.3, -0.25) is 0 Å². The Labute approximate surface area is 215 Å². The smallest absolute Gasteiger partial charge is 0.416 e. The molecule has 0 aliphatic rings.